The van der Waals surface area contributed by atoms with Gasteiger partial charge < -0.3 is 61.9 Å². The van der Waals surface area contributed by atoms with Crippen LogP contribution in [0.1, 0.15) is 333 Å². The third-order valence-corrected chi connectivity index (χ3v) is 24.1. The van der Waals surface area contributed by atoms with Crippen LogP contribution in [0.15, 0.2) is 97.1 Å². The smallest absolute Gasteiger partial charge is 0.344 e. The van der Waals surface area contributed by atoms with Gasteiger partial charge in [-0.3, -0.25) is 0 Å². The lowest BCUT2D eigenvalue weighted by molar-refractivity contribution is -0.145. The number of hydrogen-bond donors (Lipinski definition) is 1. The number of fused-ring (bicyclic) bond motifs is 22. The molecule has 0 unspecified atom stereocenters. The first-order valence-electron chi connectivity index (χ1n) is 46.0. The van der Waals surface area contributed by atoms with Crippen molar-refractivity contribution in [2.45, 2.75) is 294 Å². The lowest BCUT2D eigenvalue weighted by Crippen LogP contribution is -2.19. The van der Waals surface area contributed by atoms with E-state index in [1.54, 1.807) is 6.92 Å². The molecule has 20 bridgehead atoms. The molecule has 14 nitrogen and oxygen atoms in total. The summed E-state index contributed by atoms with van der Waals surface area (Å²) in [5.41, 5.74) is 23.0. The SMILES string of the molecule is CCCOc1c2cc(C(C)(C)C)cc1Cc1cc(C(C)(C)C)cc3c1OCCOCCOCCOc1c4cc(C(C)(C)C)cc1Cc1cc(C(C)(C)C)cc(c1OCC(=O)OCC)Cc1cc(C(C)(C)C)cc(c1O)Cc1cc(C(C)(C)C)cc(c1OCCOCCOCCOc1c(cc(C(C)(C)C)cc1Cc1cc(C(C)(C)C)cc(c1OCCC)C3)C2)C4. The normalized spacial score (nSPS) is 15.6. The van der Waals surface area contributed by atoms with Gasteiger partial charge in [-0.2, -0.15) is 0 Å². The lowest BCUT2D eigenvalue weighted by atomic mass is 9.79. The third kappa shape index (κ3) is 24.6. The molecule has 2 aliphatic heterocycles. The van der Waals surface area contributed by atoms with E-state index in [2.05, 4.69) is 277 Å². The van der Waals surface area contributed by atoms with Crippen molar-refractivity contribution in [3.63, 3.8) is 0 Å². The molecule has 0 spiro atoms. The first-order valence-corrected chi connectivity index (χ1v) is 46.0. The summed E-state index contributed by atoms with van der Waals surface area (Å²) in [7, 11) is 0. The number of carbonyl (C=O) groups excluding carboxylic acids is 1. The number of hydrogen-bond acceptors (Lipinski definition) is 14. The zero-order valence-electron chi connectivity index (χ0n) is 80.9. The summed E-state index contributed by atoms with van der Waals surface area (Å²) in [5.74, 6) is 5.25. The van der Waals surface area contributed by atoms with E-state index in [4.69, 9.17) is 56.8 Å². The van der Waals surface area contributed by atoms with E-state index in [0.717, 1.165) is 159 Å². The molecule has 674 valence electrons. The molecule has 2 aliphatic carbocycles. The topological polar surface area (TPSA) is 148 Å². The van der Waals surface area contributed by atoms with Gasteiger partial charge in [-0.05, 0) is 197 Å². The number of ether oxygens (including phenoxy) is 12. The minimum absolute atomic E-state index is 0.202. The number of esters is 1. The van der Waals surface area contributed by atoms with Crippen LogP contribution in [0, 0.1) is 0 Å². The highest BCUT2D eigenvalue weighted by atomic mass is 16.6. The highest BCUT2D eigenvalue weighted by Gasteiger charge is 2.34. The maximum Gasteiger partial charge on any atom is 0.344 e. The second kappa shape index (κ2) is 39.8. The largest absolute Gasteiger partial charge is 0.507 e. The van der Waals surface area contributed by atoms with Crippen molar-refractivity contribution in [2.24, 2.45) is 0 Å². The standard InChI is InChI=1S/C110H150O14/c1-28-31-118-96-74-47-79-62-91(108(19,20)21)63-80-48-75-58-90(107(16,17)18)60-77(97(75)119-32-29-2)50-82-65-92(109(22,23)24)64-81(49-76(96)59-89(57-74)106(13,14)15)100(82)122-43-39-115-35-36-116-40-44-123-101-83-51-78-61-87(104(7,8)9)55-72(98(78)120-41-37-113-33-34-114-38-42-121-99(79)80)45-70-53-86(103(4,5)6)54-71(95(70)112)46-73-56-88(105(10,11)12)68-85(102(73)124-69-94(111)117-30-3)52-84(101)67-93(66-83)110(25,26)27/h53-68,112H,28-52,69H2,1-27H3. The Bertz CT molecular complexity index is 4790. The van der Waals surface area contributed by atoms with Gasteiger partial charge >= 0.3 is 5.97 Å². The fraction of sp³-hybridized carbons (Fsp3) is 0.555. The van der Waals surface area contributed by atoms with E-state index in [0.29, 0.717) is 117 Å². The molecule has 0 aromatic heterocycles. The van der Waals surface area contributed by atoms with E-state index in [1.807, 2.05) is 0 Å². The van der Waals surface area contributed by atoms with Gasteiger partial charge in [0.2, 0.25) is 0 Å². The summed E-state index contributed by atoms with van der Waals surface area (Å²) in [5, 5.41) is 13.1. The van der Waals surface area contributed by atoms with Crippen LogP contribution >= 0.6 is 0 Å². The molecule has 0 saturated carbocycles. The molecule has 0 fully saturated rings. The Hall–Kier alpha value is -8.53. The minimum Gasteiger partial charge on any atom is -0.507 e. The van der Waals surface area contributed by atoms with Crippen molar-refractivity contribution in [1.29, 1.82) is 0 Å². The van der Waals surface area contributed by atoms with E-state index in [9.17, 15) is 9.90 Å². The van der Waals surface area contributed by atoms with E-state index in [-0.39, 0.29) is 95.3 Å². The summed E-state index contributed by atoms with van der Waals surface area (Å²) in [6.07, 6.45) is 5.32. The van der Waals surface area contributed by atoms with Gasteiger partial charge in [0.15, 0.2) is 6.61 Å². The lowest BCUT2D eigenvalue weighted by Gasteiger charge is -2.29. The molecular formula is C110H150O14. The first kappa shape index (κ1) is 96.1. The van der Waals surface area contributed by atoms with Crippen molar-refractivity contribution < 1.29 is 66.7 Å². The van der Waals surface area contributed by atoms with E-state index in [1.165, 1.54) is 22.3 Å². The Labute approximate surface area is 745 Å². The Morgan fingerprint density at radius 2 is 0.444 bits per heavy atom. The molecule has 0 atom stereocenters. The predicted molar refractivity (Wildman–Crippen MR) is 504 cm³/mol. The number of carbonyl (C=O) groups is 1. The van der Waals surface area contributed by atoms with Crippen LogP contribution in [0.5, 0.6) is 46.0 Å². The zero-order valence-corrected chi connectivity index (χ0v) is 80.9. The van der Waals surface area contributed by atoms with E-state index < -0.39 is 5.97 Å². The molecule has 2 heterocycles. The van der Waals surface area contributed by atoms with Crippen molar-refractivity contribution in [2.75, 3.05) is 106 Å². The molecule has 0 saturated heterocycles. The van der Waals surface area contributed by atoms with Crippen LogP contribution in [0.25, 0.3) is 0 Å². The Kier molecular flexibility index (Phi) is 30.8. The van der Waals surface area contributed by atoms with Gasteiger partial charge in [0, 0.05) is 51.4 Å². The predicted octanol–water partition coefficient (Wildman–Crippen LogP) is 23.9. The number of phenolic OH excluding ortho intramolecular Hbond substituents is 1. The molecule has 124 heavy (non-hydrogen) atoms. The maximum absolute atomic E-state index is 13.6. The summed E-state index contributed by atoms with van der Waals surface area (Å²) in [6.45, 7) is 65.2. The quantitative estimate of drug-likeness (QED) is 0.102. The fourth-order valence-electron chi connectivity index (χ4n) is 16.7. The average molecular weight is 1700 g/mol. The Balaban J connectivity index is 1.07. The number of rotatable bonds is 10. The summed E-state index contributed by atoms with van der Waals surface area (Å²) < 4.78 is 82.4. The second-order valence-electron chi connectivity index (χ2n) is 43.1. The van der Waals surface area contributed by atoms with Crippen LogP contribution in [0.2, 0.25) is 0 Å². The van der Waals surface area contributed by atoms with Gasteiger partial charge in [0.1, 0.15) is 72.4 Å². The summed E-state index contributed by atoms with van der Waals surface area (Å²) in [4.78, 5) is 13.6. The zero-order chi connectivity index (χ0) is 90.2. The monoisotopic (exact) mass is 1700 g/mol. The minimum atomic E-state index is -0.466. The molecule has 1 N–H and O–H groups in total. The Morgan fingerprint density at radius 3 is 0.653 bits per heavy atom. The number of benzene rings is 8. The summed E-state index contributed by atoms with van der Waals surface area (Å²) >= 11 is 0. The van der Waals surface area contributed by atoms with Crippen LogP contribution in [-0.2, 0) is 123 Å². The van der Waals surface area contributed by atoms with Gasteiger partial charge in [-0.1, -0.05) is 277 Å². The maximum atomic E-state index is 13.6. The molecule has 0 radical (unpaired) electrons. The van der Waals surface area contributed by atoms with Gasteiger partial charge in [0.05, 0.1) is 72.7 Å². The molecule has 12 rings (SSSR count). The second-order valence-corrected chi connectivity index (χ2v) is 43.1. The van der Waals surface area contributed by atoms with Crippen molar-refractivity contribution in [3.05, 3.63) is 231 Å². The highest BCUT2D eigenvalue weighted by Crippen LogP contribution is 2.49. The highest BCUT2D eigenvalue weighted by molar-refractivity contribution is 5.71. The fourth-order valence-corrected chi connectivity index (χ4v) is 16.7. The molecule has 8 aromatic rings. The molecule has 0 amide bonds. The molecule has 8 aromatic carbocycles. The van der Waals surface area contributed by atoms with Gasteiger partial charge in [0.25, 0.3) is 0 Å². The van der Waals surface area contributed by atoms with Gasteiger partial charge in [-0.15, -0.1) is 0 Å². The van der Waals surface area contributed by atoms with Crippen LogP contribution in [0.4, 0.5) is 0 Å². The first-order chi connectivity index (χ1) is 58.2. The van der Waals surface area contributed by atoms with Crippen molar-refractivity contribution in [1.82, 2.24) is 0 Å². The number of aromatic hydroxyl groups is 1. The summed E-state index contributed by atoms with van der Waals surface area (Å²) in [6, 6.07) is 37.1. The Morgan fingerprint density at radius 1 is 0.266 bits per heavy atom. The molecule has 14 heteroatoms. The van der Waals surface area contributed by atoms with Gasteiger partial charge in [-0.25, -0.2) is 4.79 Å². The van der Waals surface area contributed by atoms with Crippen LogP contribution in [-0.4, -0.2) is 117 Å². The van der Waals surface area contributed by atoms with Crippen molar-refractivity contribution in [3.8, 4) is 46.0 Å². The molecule has 4 aliphatic rings. The third-order valence-electron chi connectivity index (χ3n) is 24.1. The van der Waals surface area contributed by atoms with Crippen LogP contribution < -0.4 is 33.2 Å². The van der Waals surface area contributed by atoms with E-state index >= 15 is 0 Å². The average Bonchev–Trinajstić information content (AvgIpc) is 0.763. The molecular weight excluding hydrogens is 1550 g/mol. The number of phenols is 1. The van der Waals surface area contributed by atoms with Crippen molar-refractivity contribution >= 4 is 5.97 Å². The van der Waals surface area contributed by atoms with Crippen LogP contribution in [0.3, 0.4) is 0 Å².